The molecule has 2 atom stereocenters. The van der Waals surface area contributed by atoms with Crippen LogP contribution in [0.5, 0.6) is 5.75 Å². The molecule has 5 aliphatic heterocycles. The average Bonchev–Trinajstić information content (AvgIpc) is 3.40. The summed E-state index contributed by atoms with van der Waals surface area (Å²) in [5.41, 5.74) is 1.88. The molecular weight excluding hydrogens is 450 g/mol. The van der Waals surface area contributed by atoms with E-state index in [1.807, 2.05) is 34.1 Å². The summed E-state index contributed by atoms with van der Waals surface area (Å²) in [6.07, 6.45) is 3.03. The Hall–Kier alpha value is -3.70. The van der Waals surface area contributed by atoms with E-state index < -0.39 is 6.10 Å². The van der Waals surface area contributed by atoms with Gasteiger partial charge in [0.25, 0.3) is 5.91 Å². The average molecular weight is 478 g/mol. The molecule has 1 aromatic carbocycles. The van der Waals surface area contributed by atoms with Crippen molar-refractivity contribution in [3.8, 4) is 5.75 Å². The van der Waals surface area contributed by atoms with Crippen LogP contribution < -0.4 is 20.3 Å². The molecule has 1 aromatic heterocycles. The Morgan fingerprint density at radius 3 is 2.74 bits per heavy atom. The van der Waals surface area contributed by atoms with Gasteiger partial charge >= 0.3 is 0 Å². The van der Waals surface area contributed by atoms with Crippen LogP contribution in [0.15, 0.2) is 36.8 Å². The van der Waals surface area contributed by atoms with Crippen LogP contribution in [0.1, 0.15) is 12.0 Å². The molecule has 0 saturated carbocycles. The highest BCUT2D eigenvalue weighted by atomic mass is 16.5. The number of benzene rings is 1. The third-order valence-corrected chi connectivity index (χ3v) is 6.99. The van der Waals surface area contributed by atoms with Gasteiger partial charge in [0.15, 0.2) is 0 Å². The minimum Gasteiger partial charge on any atom is -0.492 e. The van der Waals surface area contributed by atoms with Gasteiger partial charge in [0.2, 0.25) is 5.91 Å². The number of nitrogens with one attached hydrogen (secondary N) is 2. The third-order valence-electron chi connectivity index (χ3n) is 6.99. The van der Waals surface area contributed by atoms with E-state index in [4.69, 9.17) is 4.74 Å². The number of amides is 2. The lowest BCUT2D eigenvalue weighted by atomic mass is 10.1. The summed E-state index contributed by atoms with van der Waals surface area (Å²) < 4.78 is 5.96. The van der Waals surface area contributed by atoms with Gasteiger partial charge in [0.05, 0.1) is 23.3 Å². The van der Waals surface area contributed by atoms with Crippen LogP contribution in [0.4, 0.5) is 17.3 Å². The Balaban J connectivity index is 1.36. The Morgan fingerprint density at radius 1 is 1.06 bits per heavy atom. The number of nitrogens with zero attached hydrogens (tertiary/aromatic N) is 5. The van der Waals surface area contributed by atoms with Gasteiger partial charge in [-0.2, -0.15) is 0 Å². The molecule has 7 rings (SSSR count). The normalized spacial score (nSPS) is 26.0. The van der Waals surface area contributed by atoms with Gasteiger partial charge in [-0.05, 0) is 18.6 Å². The maximum Gasteiger partial charge on any atom is 0.259 e. The Labute approximate surface area is 202 Å². The highest BCUT2D eigenvalue weighted by molar-refractivity contribution is 6.32. The van der Waals surface area contributed by atoms with Crippen molar-refractivity contribution in [3.63, 3.8) is 0 Å². The number of anilines is 3. The van der Waals surface area contributed by atoms with Gasteiger partial charge in [-0.25, -0.2) is 9.97 Å². The van der Waals surface area contributed by atoms with Crippen LogP contribution in [0.3, 0.4) is 0 Å². The molecule has 11 nitrogen and oxygen atoms in total. The molecule has 0 spiro atoms. The van der Waals surface area contributed by atoms with Crippen molar-refractivity contribution < 1.29 is 19.4 Å². The standard InChI is InChI=1S/C24H27N7O4/c32-16-11-19-24(34)30-6-4-29(5-7-30)22-20-18(23(33)28-21(20)26-14-27-22)12-25-15-2-1-3-17(10-15)35-9-8-31(19)13-16/h1-3,10,12,14,16,19,25,32H,4-9,11,13H2,(H,26,27,28,33)/b18-12-/t16-,19-/m1/s1. The molecule has 4 bridgehead atoms. The van der Waals surface area contributed by atoms with E-state index in [0.29, 0.717) is 80.8 Å². The summed E-state index contributed by atoms with van der Waals surface area (Å²) in [5, 5.41) is 16.3. The smallest absolute Gasteiger partial charge is 0.259 e. The van der Waals surface area contributed by atoms with Crippen LogP contribution >= 0.6 is 0 Å². The SMILES string of the molecule is O=C1Nc2ncnc3c2/C1=C/Nc1cccc(c1)OCCN1C[C@H](O)C[C@@H]1C(=O)N1CCN3CC1. The number of aliphatic hydroxyl groups is 1. The first-order chi connectivity index (χ1) is 17.1. The number of aliphatic hydroxyl groups excluding tert-OH is 1. The number of aromatic nitrogens is 2. The summed E-state index contributed by atoms with van der Waals surface area (Å²) in [7, 11) is 0. The number of fused-ring (bicyclic) bond motifs is 5. The van der Waals surface area contributed by atoms with Crippen LogP contribution in [-0.4, -0.2) is 94.7 Å². The van der Waals surface area contributed by atoms with E-state index in [9.17, 15) is 14.7 Å². The number of hydrogen-bond acceptors (Lipinski definition) is 9. The summed E-state index contributed by atoms with van der Waals surface area (Å²) in [4.78, 5) is 40.9. The van der Waals surface area contributed by atoms with E-state index in [-0.39, 0.29) is 17.9 Å². The molecule has 11 heteroatoms. The van der Waals surface area contributed by atoms with Gasteiger partial charge in [-0.15, -0.1) is 0 Å². The largest absolute Gasteiger partial charge is 0.492 e. The van der Waals surface area contributed by atoms with Crippen molar-refractivity contribution in [1.82, 2.24) is 19.8 Å². The van der Waals surface area contributed by atoms with Crippen LogP contribution in [-0.2, 0) is 9.59 Å². The maximum absolute atomic E-state index is 13.4. The first-order valence-electron chi connectivity index (χ1n) is 11.9. The van der Waals surface area contributed by atoms with Gasteiger partial charge in [0, 0.05) is 57.2 Å². The second-order valence-electron chi connectivity index (χ2n) is 9.17. The van der Waals surface area contributed by atoms with Crippen LogP contribution in [0.25, 0.3) is 5.57 Å². The summed E-state index contributed by atoms with van der Waals surface area (Å²) in [5.74, 6) is 1.62. The predicted molar refractivity (Wildman–Crippen MR) is 129 cm³/mol. The Kier molecular flexibility index (Phi) is 5.50. The van der Waals surface area contributed by atoms with E-state index in [2.05, 4.69) is 25.5 Å². The lowest BCUT2D eigenvalue weighted by molar-refractivity contribution is -0.136. The second-order valence-corrected chi connectivity index (χ2v) is 9.17. The minimum atomic E-state index is -0.523. The molecular formula is C24H27N7O4. The van der Waals surface area contributed by atoms with Crippen molar-refractivity contribution in [1.29, 1.82) is 0 Å². The fourth-order valence-corrected chi connectivity index (χ4v) is 5.23. The van der Waals surface area contributed by atoms with Gasteiger partial charge < -0.3 is 30.3 Å². The van der Waals surface area contributed by atoms with Gasteiger partial charge in [-0.1, -0.05) is 6.07 Å². The van der Waals surface area contributed by atoms with Crippen molar-refractivity contribution in [2.45, 2.75) is 18.6 Å². The van der Waals surface area contributed by atoms with E-state index >= 15 is 0 Å². The van der Waals surface area contributed by atoms with Gasteiger partial charge in [0.1, 0.15) is 30.3 Å². The number of hydrogen-bond donors (Lipinski definition) is 3. The topological polar surface area (TPSA) is 123 Å². The summed E-state index contributed by atoms with van der Waals surface area (Å²) >= 11 is 0. The molecule has 0 unspecified atom stereocenters. The Morgan fingerprint density at radius 2 is 1.89 bits per heavy atom. The molecule has 2 fully saturated rings. The fraction of sp³-hybridized carbons (Fsp3) is 0.417. The molecule has 182 valence electrons. The minimum absolute atomic E-state index is 0.0406. The number of piperazine rings is 1. The first-order valence-corrected chi connectivity index (χ1v) is 11.9. The monoisotopic (exact) mass is 477 g/mol. The van der Waals surface area contributed by atoms with Crippen molar-refractivity contribution in [2.75, 3.05) is 61.4 Å². The second kappa shape index (κ2) is 8.82. The van der Waals surface area contributed by atoms with E-state index in [0.717, 1.165) is 5.69 Å². The summed E-state index contributed by atoms with van der Waals surface area (Å²) in [6, 6.07) is 7.12. The number of ether oxygens (including phenoxy) is 1. The third kappa shape index (κ3) is 4.06. The molecule has 6 heterocycles. The van der Waals surface area contributed by atoms with E-state index in [1.54, 1.807) is 6.20 Å². The lowest BCUT2D eigenvalue weighted by Crippen LogP contribution is -2.54. The first kappa shape index (κ1) is 21.8. The highest BCUT2D eigenvalue weighted by Gasteiger charge is 2.39. The molecule has 2 aromatic rings. The van der Waals surface area contributed by atoms with Crippen molar-refractivity contribution in [3.05, 3.63) is 42.4 Å². The van der Waals surface area contributed by atoms with E-state index in [1.165, 1.54) is 6.33 Å². The predicted octanol–water partition coefficient (Wildman–Crippen LogP) is 0.358. The molecule has 2 amide bonds. The van der Waals surface area contributed by atoms with Crippen molar-refractivity contribution in [2.24, 2.45) is 0 Å². The molecule has 0 radical (unpaired) electrons. The molecule has 0 aliphatic carbocycles. The number of carbonyl (C=O) groups excluding carboxylic acids is 2. The van der Waals surface area contributed by atoms with Crippen molar-refractivity contribution >= 4 is 34.7 Å². The zero-order valence-electron chi connectivity index (χ0n) is 19.2. The summed E-state index contributed by atoms with van der Waals surface area (Å²) in [6.45, 7) is 3.65. The highest BCUT2D eigenvalue weighted by Crippen LogP contribution is 2.37. The fourth-order valence-electron chi connectivity index (χ4n) is 5.23. The van der Waals surface area contributed by atoms with Gasteiger partial charge in [-0.3, -0.25) is 14.5 Å². The van der Waals surface area contributed by atoms with Crippen LogP contribution in [0, 0.1) is 0 Å². The maximum atomic E-state index is 13.4. The molecule has 5 aliphatic rings. The number of rotatable bonds is 0. The molecule has 2 saturated heterocycles. The zero-order valence-corrected chi connectivity index (χ0v) is 19.2. The van der Waals surface area contributed by atoms with Crippen LogP contribution in [0.2, 0.25) is 0 Å². The Bertz CT molecular complexity index is 1190. The molecule has 35 heavy (non-hydrogen) atoms. The molecule has 3 N–H and O–H groups in total. The lowest BCUT2D eigenvalue weighted by Gasteiger charge is -2.38. The number of carbonyl (C=O) groups is 2. The quantitative estimate of drug-likeness (QED) is 0.493. The zero-order chi connectivity index (χ0) is 23.9.